The molecule has 168 valence electrons. The molecule has 0 bridgehead atoms. The van der Waals surface area contributed by atoms with Gasteiger partial charge in [-0.3, -0.25) is 9.59 Å². The fourth-order valence-electron chi connectivity index (χ4n) is 2.11. The Morgan fingerprint density at radius 2 is 1.10 bits per heavy atom. The SMILES string of the molecule is C/C(=N\NC(=O)CC(=O)N/N=C(\C)c1cccc(O)c1)c1cccc(O)c1.CC.CC. The van der Waals surface area contributed by atoms with Gasteiger partial charge in [-0.1, -0.05) is 52.0 Å². The second-order valence-electron chi connectivity index (χ2n) is 5.74. The van der Waals surface area contributed by atoms with Gasteiger partial charge in [-0.25, -0.2) is 10.9 Å². The fraction of sp³-hybridized carbons (Fsp3) is 0.304. The number of nitrogens with zero attached hydrogens (tertiary/aromatic N) is 2. The summed E-state index contributed by atoms with van der Waals surface area (Å²) in [6.45, 7) is 11.3. The molecule has 2 rings (SSSR count). The fourth-order valence-corrected chi connectivity index (χ4v) is 2.11. The van der Waals surface area contributed by atoms with E-state index in [9.17, 15) is 19.8 Å². The first-order chi connectivity index (χ1) is 14.8. The van der Waals surface area contributed by atoms with E-state index < -0.39 is 18.2 Å². The van der Waals surface area contributed by atoms with Gasteiger partial charge in [0.1, 0.15) is 17.9 Å². The minimum absolute atomic E-state index is 0.0905. The van der Waals surface area contributed by atoms with Crippen LogP contribution in [-0.4, -0.2) is 33.5 Å². The molecule has 8 nitrogen and oxygen atoms in total. The Bertz CT molecular complexity index is 834. The molecular weight excluding hydrogens is 396 g/mol. The van der Waals surface area contributed by atoms with Gasteiger partial charge in [0.05, 0.1) is 11.4 Å². The minimum atomic E-state index is -0.600. The van der Waals surface area contributed by atoms with Crippen molar-refractivity contribution in [3.8, 4) is 11.5 Å². The molecule has 0 saturated heterocycles. The highest BCUT2D eigenvalue weighted by Crippen LogP contribution is 2.12. The van der Waals surface area contributed by atoms with Gasteiger partial charge in [0.15, 0.2) is 0 Å². The number of carbonyl (C=O) groups is 2. The first-order valence-corrected chi connectivity index (χ1v) is 10.1. The Morgan fingerprint density at radius 1 is 0.742 bits per heavy atom. The van der Waals surface area contributed by atoms with Crippen LogP contribution in [0.1, 0.15) is 59.1 Å². The highest BCUT2D eigenvalue weighted by Gasteiger charge is 2.09. The minimum Gasteiger partial charge on any atom is -0.508 e. The summed E-state index contributed by atoms with van der Waals surface area (Å²) >= 11 is 0. The molecule has 8 heteroatoms. The summed E-state index contributed by atoms with van der Waals surface area (Å²) < 4.78 is 0. The Kier molecular flexibility index (Phi) is 13.4. The summed E-state index contributed by atoms with van der Waals surface area (Å²) in [6, 6.07) is 12.9. The molecule has 2 aromatic carbocycles. The molecule has 0 unspecified atom stereocenters. The van der Waals surface area contributed by atoms with E-state index >= 15 is 0 Å². The molecular formula is C23H32N4O4. The summed E-state index contributed by atoms with van der Waals surface area (Å²) in [5, 5.41) is 26.7. The molecule has 0 aliphatic carbocycles. The Labute approximate surface area is 183 Å². The summed E-state index contributed by atoms with van der Waals surface area (Å²) in [5.74, 6) is -1.02. The van der Waals surface area contributed by atoms with Gasteiger partial charge >= 0.3 is 0 Å². The zero-order valence-electron chi connectivity index (χ0n) is 18.9. The van der Waals surface area contributed by atoms with Gasteiger partial charge in [-0.15, -0.1) is 0 Å². The molecule has 0 radical (unpaired) electrons. The lowest BCUT2D eigenvalue weighted by Gasteiger charge is -2.04. The van der Waals surface area contributed by atoms with Gasteiger partial charge in [0.25, 0.3) is 0 Å². The van der Waals surface area contributed by atoms with Crippen LogP contribution >= 0.6 is 0 Å². The van der Waals surface area contributed by atoms with Gasteiger partial charge in [0.2, 0.25) is 11.8 Å². The van der Waals surface area contributed by atoms with Crippen LogP contribution in [0.25, 0.3) is 0 Å². The molecule has 31 heavy (non-hydrogen) atoms. The molecule has 0 aliphatic heterocycles. The van der Waals surface area contributed by atoms with Crippen molar-refractivity contribution < 1.29 is 19.8 Å². The molecule has 0 aromatic heterocycles. The summed E-state index contributed by atoms with van der Waals surface area (Å²) in [7, 11) is 0. The van der Waals surface area contributed by atoms with Crippen molar-refractivity contribution in [1.82, 2.24) is 10.9 Å². The van der Waals surface area contributed by atoms with Gasteiger partial charge in [-0.2, -0.15) is 10.2 Å². The van der Waals surface area contributed by atoms with Crippen LogP contribution in [0.4, 0.5) is 0 Å². The quantitative estimate of drug-likeness (QED) is 0.316. The molecule has 4 N–H and O–H groups in total. The van der Waals surface area contributed by atoms with Gasteiger partial charge in [-0.05, 0) is 38.1 Å². The van der Waals surface area contributed by atoms with Crippen molar-refractivity contribution in [1.29, 1.82) is 0 Å². The molecule has 0 heterocycles. The second-order valence-corrected chi connectivity index (χ2v) is 5.74. The number of hydrogen-bond donors (Lipinski definition) is 4. The second kappa shape index (κ2) is 15.2. The molecule has 0 aliphatic rings. The first kappa shape index (κ1) is 27.3. The summed E-state index contributed by atoms with van der Waals surface area (Å²) in [4.78, 5) is 23.6. The lowest BCUT2D eigenvalue weighted by Crippen LogP contribution is -2.28. The zero-order valence-corrected chi connectivity index (χ0v) is 18.9. The lowest BCUT2D eigenvalue weighted by molar-refractivity contribution is -0.129. The standard InChI is InChI=1S/C19H20N4O4.2C2H6/c1-12(14-5-3-7-16(24)9-14)20-22-18(26)11-19(27)23-21-13(2)15-6-4-8-17(25)10-15;2*1-2/h3-10,24-25H,11H2,1-2H3,(H,22,26)(H,23,27);2*1-2H3/b20-12+,21-13+;;. The van der Waals surface area contributed by atoms with Crippen LogP contribution in [0.2, 0.25) is 0 Å². The smallest absolute Gasteiger partial charge is 0.249 e. The van der Waals surface area contributed by atoms with Crippen molar-refractivity contribution in [2.75, 3.05) is 0 Å². The first-order valence-electron chi connectivity index (χ1n) is 10.1. The van der Waals surface area contributed by atoms with Crippen molar-refractivity contribution >= 4 is 23.2 Å². The number of phenols is 2. The van der Waals surface area contributed by atoms with E-state index in [0.717, 1.165) is 0 Å². The van der Waals surface area contributed by atoms with E-state index in [1.54, 1.807) is 38.1 Å². The van der Waals surface area contributed by atoms with Crippen LogP contribution in [0.3, 0.4) is 0 Å². The number of benzene rings is 2. The third-order valence-electron chi connectivity index (χ3n) is 3.55. The average Bonchev–Trinajstić information content (AvgIpc) is 2.78. The molecule has 2 amide bonds. The van der Waals surface area contributed by atoms with E-state index in [0.29, 0.717) is 22.6 Å². The van der Waals surface area contributed by atoms with Crippen molar-refractivity contribution in [2.24, 2.45) is 10.2 Å². The van der Waals surface area contributed by atoms with Crippen LogP contribution in [-0.2, 0) is 9.59 Å². The van der Waals surface area contributed by atoms with E-state index in [2.05, 4.69) is 21.1 Å². The van der Waals surface area contributed by atoms with Crippen molar-refractivity contribution in [3.63, 3.8) is 0 Å². The maximum Gasteiger partial charge on any atom is 0.249 e. The number of carbonyl (C=O) groups excluding carboxylic acids is 2. The van der Waals surface area contributed by atoms with Crippen LogP contribution in [0.15, 0.2) is 58.7 Å². The van der Waals surface area contributed by atoms with Crippen molar-refractivity contribution in [3.05, 3.63) is 59.7 Å². The van der Waals surface area contributed by atoms with E-state index in [4.69, 9.17) is 0 Å². The Morgan fingerprint density at radius 3 is 1.42 bits per heavy atom. The number of amides is 2. The van der Waals surface area contributed by atoms with Crippen LogP contribution < -0.4 is 10.9 Å². The lowest BCUT2D eigenvalue weighted by atomic mass is 10.1. The number of phenolic OH excluding ortho intramolecular Hbond substituents is 2. The Balaban J connectivity index is 0.00000212. The monoisotopic (exact) mass is 428 g/mol. The Hall–Kier alpha value is -3.68. The van der Waals surface area contributed by atoms with E-state index in [1.165, 1.54) is 24.3 Å². The molecule has 0 spiro atoms. The third kappa shape index (κ3) is 10.6. The van der Waals surface area contributed by atoms with E-state index in [-0.39, 0.29) is 11.5 Å². The van der Waals surface area contributed by atoms with E-state index in [1.807, 2.05) is 27.7 Å². The largest absolute Gasteiger partial charge is 0.508 e. The normalized spacial score (nSPS) is 10.6. The number of hydrogen-bond acceptors (Lipinski definition) is 6. The average molecular weight is 429 g/mol. The predicted molar refractivity (Wildman–Crippen MR) is 124 cm³/mol. The zero-order chi connectivity index (χ0) is 23.8. The van der Waals surface area contributed by atoms with Gasteiger partial charge in [0, 0.05) is 11.1 Å². The highest BCUT2D eigenvalue weighted by molar-refractivity contribution is 6.02. The van der Waals surface area contributed by atoms with Crippen molar-refractivity contribution in [2.45, 2.75) is 48.0 Å². The maximum absolute atomic E-state index is 11.8. The molecule has 0 atom stereocenters. The molecule has 2 aromatic rings. The summed E-state index contributed by atoms with van der Waals surface area (Å²) in [5.41, 5.74) is 6.82. The summed E-state index contributed by atoms with van der Waals surface area (Å²) in [6.07, 6.45) is -0.451. The number of rotatable bonds is 6. The van der Waals surface area contributed by atoms with Crippen LogP contribution in [0.5, 0.6) is 11.5 Å². The highest BCUT2D eigenvalue weighted by atomic mass is 16.3. The number of nitrogens with one attached hydrogen (secondary N) is 2. The van der Waals surface area contributed by atoms with Crippen LogP contribution in [0, 0.1) is 0 Å². The number of aromatic hydroxyl groups is 2. The maximum atomic E-state index is 11.8. The molecule has 0 fully saturated rings. The third-order valence-corrected chi connectivity index (χ3v) is 3.55. The predicted octanol–water partition coefficient (Wildman–Crippen LogP) is 3.92. The molecule has 0 saturated carbocycles. The van der Waals surface area contributed by atoms with Gasteiger partial charge < -0.3 is 10.2 Å². The topological polar surface area (TPSA) is 123 Å². The number of hydrazone groups is 2.